The first-order chi connectivity index (χ1) is 13.2. The molecule has 0 aliphatic carbocycles. The van der Waals surface area contributed by atoms with E-state index in [1.807, 2.05) is 30.3 Å². The number of nitrogens with zero attached hydrogens (tertiary/aromatic N) is 1. The maximum atomic E-state index is 13.0. The molecule has 0 amide bonds. The molecule has 1 aliphatic heterocycles. The van der Waals surface area contributed by atoms with Crippen molar-refractivity contribution in [2.45, 2.75) is 42.9 Å². The number of carboxylic acid groups (broad SMARTS) is 1. The number of rotatable bonds is 6. The zero-order chi connectivity index (χ0) is 20.4. The molecule has 0 radical (unpaired) electrons. The Kier molecular flexibility index (Phi) is 5.74. The molecule has 0 aromatic heterocycles. The second-order valence-electron chi connectivity index (χ2n) is 7.06. The lowest BCUT2D eigenvalue weighted by Gasteiger charge is -2.41. The molecule has 7 nitrogen and oxygen atoms in total. The average Bonchev–Trinajstić information content (AvgIpc) is 2.66. The predicted molar refractivity (Wildman–Crippen MR) is 102 cm³/mol. The van der Waals surface area contributed by atoms with E-state index in [2.05, 4.69) is 0 Å². The van der Waals surface area contributed by atoms with Crippen LogP contribution < -0.4 is 4.74 Å². The molecule has 8 heteroatoms. The van der Waals surface area contributed by atoms with Gasteiger partial charge in [0, 0.05) is 6.54 Å². The Morgan fingerprint density at radius 1 is 1.18 bits per heavy atom. The van der Waals surface area contributed by atoms with Crippen LogP contribution in [0.5, 0.6) is 5.75 Å². The van der Waals surface area contributed by atoms with Crippen molar-refractivity contribution in [3.05, 3.63) is 60.2 Å². The Morgan fingerprint density at radius 2 is 1.82 bits per heavy atom. The summed E-state index contributed by atoms with van der Waals surface area (Å²) in [6.07, 6.45) is 0.608. The van der Waals surface area contributed by atoms with E-state index in [-0.39, 0.29) is 17.9 Å². The molecule has 0 saturated carbocycles. The minimum atomic E-state index is -4.07. The summed E-state index contributed by atoms with van der Waals surface area (Å²) < 4.78 is 32.5. The first-order valence-corrected chi connectivity index (χ1v) is 10.4. The van der Waals surface area contributed by atoms with Crippen molar-refractivity contribution in [1.29, 1.82) is 0 Å². The number of hydrogen-bond donors (Lipinski definition) is 2. The van der Waals surface area contributed by atoms with Gasteiger partial charge in [0.05, 0.1) is 10.5 Å². The monoisotopic (exact) mass is 405 g/mol. The van der Waals surface area contributed by atoms with Gasteiger partial charge >= 0.3 is 5.97 Å². The SMILES string of the molecule is CC1(O)CCCN(S(=O)(=O)c2ccc(OCc3ccccc3)cc2)C1C(=O)O. The lowest BCUT2D eigenvalue weighted by molar-refractivity contribution is -0.153. The van der Waals surface area contributed by atoms with Crippen LogP contribution >= 0.6 is 0 Å². The summed E-state index contributed by atoms with van der Waals surface area (Å²) in [6.45, 7) is 1.75. The molecule has 1 saturated heterocycles. The number of carboxylic acids is 1. The van der Waals surface area contributed by atoms with E-state index in [4.69, 9.17) is 4.74 Å². The van der Waals surface area contributed by atoms with Crippen LogP contribution in [0.15, 0.2) is 59.5 Å². The van der Waals surface area contributed by atoms with Gasteiger partial charge in [0.2, 0.25) is 10.0 Å². The summed E-state index contributed by atoms with van der Waals surface area (Å²) in [4.78, 5) is 11.6. The van der Waals surface area contributed by atoms with E-state index in [9.17, 15) is 23.4 Å². The standard InChI is InChI=1S/C20H23NO6S/c1-20(24)12-5-13-21(18(20)19(22)23)28(25,26)17-10-8-16(9-11-17)27-14-15-6-3-2-4-7-15/h2-4,6-11,18,24H,5,12-14H2,1H3,(H,22,23). The Morgan fingerprint density at radius 3 is 2.43 bits per heavy atom. The number of ether oxygens (including phenoxy) is 1. The Labute approximate surface area is 164 Å². The minimum absolute atomic E-state index is 0.0384. The highest BCUT2D eigenvalue weighted by Gasteiger charge is 2.49. The third-order valence-corrected chi connectivity index (χ3v) is 6.73. The molecule has 2 N–H and O–H groups in total. The number of aliphatic hydroxyl groups is 1. The molecule has 2 atom stereocenters. The topological polar surface area (TPSA) is 104 Å². The number of carbonyl (C=O) groups is 1. The lowest BCUT2D eigenvalue weighted by Crippen LogP contribution is -2.60. The summed E-state index contributed by atoms with van der Waals surface area (Å²) in [5.74, 6) is -0.862. The third-order valence-electron chi connectivity index (χ3n) is 4.85. The Hall–Kier alpha value is -2.42. The van der Waals surface area contributed by atoms with Crippen LogP contribution in [0.3, 0.4) is 0 Å². The fraction of sp³-hybridized carbons (Fsp3) is 0.350. The maximum Gasteiger partial charge on any atom is 0.325 e. The van der Waals surface area contributed by atoms with Gasteiger partial charge in [-0.05, 0) is 49.6 Å². The van der Waals surface area contributed by atoms with Crippen LogP contribution in [0, 0.1) is 0 Å². The average molecular weight is 405 g/mol. The van der Waals surface area contributed by atoms with Crippen molar-refractivity contribution in [2.24, 2.45) is 0 Å². The van der Waals surface area contributed by atoms with Crippen LogP contribution in [-0.4, -0.2) is 47.1 Å². The van der Waals surface area contributed by atoms with E-state index >= 15 is 0 Å². The van der Waals surface area contributed by atoms with Crippen molar-refractivity contribution >= 4 is 16.0 Å². The van der Waals surface area contributed by atoms with Crippen molar-refractivity contribution in [3.63, 3.8) is 0 Å². The largest absolute Gasteiger partial charge is 0.489 e. The van der Waals surface area contributed by atoms with E-state index in [1.165, 1.54) is 31.2 Å². The quantitative estimate of drug-likeness (QED) is 0.764. The zero-order valence-electron chi connectivity index (χ0n) is 15.5. The molecule has 0 spiro atoms. The van der Waals surface area contributed by atoms with Gasteiger partial charge < -0.3 is 14.9 Å². The van der Waals surface area contributed by atoms with Crippen molar-refractivity contribution < 1.29 is 28.2 Å². The molecule has 1 aliphatic rings. The van der Waals surface area contributed by atoms with Crippen LogP contribution in [0.25, 0.3) is 0 Å². The number of sulfonamides is 1. The molecule has 2 unspecified atom stereocenters. The van der Waals surface area contributed by atoms with Crippen LogP contribution in [0.1, 0.15) is 25.3 Å². The normalized spacial score (nSPS) is 23.3. The fourth-order valence-corrected chi connectivity index (χ4v) is 5.12. The van der Waals surface area contributed by atoms with Gasteiger partial charge in [-0.1, -0.05) is 30.3 Å². The summed E-state index contributed by atoms with van der Waals surface area (Å²) in [7, 11) is -4.07. The Balaban J connectivity index is 1.79. The highest BCUT2D eigenvalue weighted by molar-refractivity contribution is 7.89. The molecule has 1 heterocycles. The molecule has 1 fully saturated rings. The summed E-state index contributed by atoms with van der Waals surface area (Å²) >= 11 is 0. The second kappa shape index (κ2) is 7.90. The molecular weight excluding hydrogens is 382 g/mol. The van der Waals surface area contributed by atoms with Gasteiger partial charge in [-0.2, -0.15) is 4.31 Å². The zero-order valence-corrected chi connectivity index (χ0v) is 16.3. The Bertz CT molecular complexity index is 925. The van der Waals surface area contributed by atoms with Crippen LogP contribution in [-0.2, 0) is 21.4 Å². The number of hydrogen-bond acceptors (Lipinski definition) is 5. The van der Waals surface area contributed by atoms with Crippen LogP contribution in [0.2, 0.25) is 0 Å². The predicted octanol–water partition coefficient (Wildman–Crippen LogP) is 2.25. The van der Waals surface area contributed by atoms with Gasteiger partial charge in [0.15, 0.2) is 6.04 Å². The van der Waals surface area contributed by atoms with Gasteiger partial charge in [-0.25, -0.2) is 8.42 Å². The highest BCUT2D eigenvalue weighted by atomic mass is 32.2. The molecule has 150 valence electrons. The second-order valence-corrected chi connectivity index (χ2v) is 8.95. The number of piperidine rings is 1. The van der Waals surface area contributed by atoms with E-state index in [1.54, 1.807) is 0 Å². The van der Waals surface area contributed by atoms with E-state index in [0.717, 1.165) is 9.87 Å². The maximum absolute atomic E-state index is 13.0. The van der Waals surface area contributed by atoms with Crippen LogP contribution in [0.4, 0.5) is 0 Å². The summed E-state index contributed by atoms with van der Waals surface area (Å²) in [5, 5.41) is 19.9. The summed E-state index contributed by atoms with van der Waals surface area (Å²) in [5.41, 5.74) is -0.644. The van der Waals surface area contributed by atoms with Gasteiger partial charge in [-0.3, -0.25) is 4.79 Å². The molecule has 2 aromatic carbocycles. The van der Waals surface area contributed by atoms with Crippen molar-refractivity contribution in [1.82, 2.24) is 4.31 Å². The number of aliphatic carboxylic acids is 1. The van der Waals surface area contributed by atoms with Crippen molar-refractivity contribution in [2.75, 3.05) is 6.54 Å². The summed E-state index contributed by atoms with van der Waals surface area (Å²) in [6, 6.07) is 13.9. The smallest absolute Gasteiger partial charge is 0.325 e. The first kappa shape index (κ1) is 20.3. The van der Waals surface area contributed by atoms with Crippen molar-refractivity contribution in [3.8, 4) is 5.75 Å². The first-order valence-electron chi connectivity index (χ1n) is 8.96. The van der Waals surface area contributed by atoms with Gasteiger partial charge in [0.1, 0.15) is 12.4 Å². The fourth-order valence-electron chi connectivity index (χ4n) is 3.40. The third kappa shape index (κ3) is 4.19. The van der Waals surface area contributed by atoms with Gasteiger partial charge in [-0.15, -0.1) is 0 Å². The molecule has 28 heavy (non-hydrogen) atoms. The molecule has 0 bridgehead atoms. The number of benzene rings is 2. The van der Waals surface area contributed by atoms with Gasteiger partial charge in [0.25, 0.3) is 0 Å². The van der Waals surface area contributed by atoms with E-state index in [0.29, 0.717) is 18.8 Å². The lowest BCUT2D eigenvalue weighted by atomic mass is 9.88. The minimum Gasteiger partial charge on any atom is -0.489 e. The molecule has 3 rings (SSSR count). The molecular formula is C20H23NO6S. The highest BCUT2D eigenvalue weighted by Crippen LogP contribution is 2.32. The molecule has 2 aromatic rings. The van der Waals surface area contributed by atoms with E-state index < -0.39 is 27.6 Å².